The molecule has 4 heteroatoms. The second-order valence-electron chi connectivity index (χ2n) is 5.00. The van der Waals surface area contributed by atoms with Crippen LogP contribution in [-0.2, 0) is 0 Å². The Labute approximate surface area is 106 Å². The van der Waals surface area contributed by atoms with Gasteiger partial charge in [0.25, 0.3) is 0 Å². The Hall–Kier alpha value is -0.870. The van der Waals surface area contributed by atoms with Crippen LogP contribution in [0.15, 0.2) is 24.3 Å². The van der Waals surface area contributed by atoms with Crippen molar-refractivity contribution in [2.24, 2.45) is 11.7 Å². The summed E-state index contributed by atoms with van der Waals surface area (Å²) in [5.41, 5.74) is 7.56. The third-order valence-electron chi connectivity index (χ3n) is 3.64. The van der Waals surface area contributed by atoms with Gasteiger partial charge in [-0.2, -0.15) is 0 Å². The third-order valence-corrected chi connectivity index (χ3v) is 4.63. The smallest absolute Gasteiger partial charge is 0.167 e. The summed E-state index contributed by atoms with van der Waals surface area (Å²) < 4.78 is 9.37. The zero-order valence-corrected chi connectivity index (χ0v) is 10.8. The molecule has 0 spiro atoms. The molecular formula is C13H18N2OS. The topological polar surface area (TPSA) is 47.3 Å². The summed E-state index contributed by atoms with van der Waals surface area (Å²) in [6.07, 6.45) is 3.33. The second kappa shape index (κ2) is 4.10. The molecule has 0 radical (unpaired) electrons. The number of hydrogen-bond acceptors (Lipinski definition) is 4. The summed E-state index contributed by atoms with van der Waals surface area (Å²) >= 11 is 1.65. The normalized spacial score (nSPS) is 34.5. The van der Waals surface area contributed by atoms with E-state index in [2.05, 4.69) is 11.6 Å². The molecule has 2 aliphatic rings. The van der Waals surface area contributed by atoms with E-state index in [1.54, 1.807) is 11.9 Å². The van der Waals surface area contributed by atoms with Crippen molar-refractivity contribution in [3.8, 4) is 5.75 Å². The fraction of sp³-hybridized carbons (Fsp3) is 0.538. The van der Waals surface area contributed by atoms with Gasteiger partial charge in [0.15, 0.2) is 5.44 Å². The van der Waals surface area contributed by atoms with Crippen molar-refractivity contribution in [3.63, 3.8) is 0 Å². The highest BCUT2D eigenvalue weighted by Crippen LogP contribution is 2.52. The van der Waals surface area contributed by atoms with Crippen LogP contribution in [0.5, 0.6) is 5.75 Å². The lowest BCUT2D eigenvalue weighted by Crippen LogP contribution is -2.32. The molecule has 1 aromatic rings. The number of nitrogens with one attached hydrogen (secondary N) is 1. The van der Waals surface area contributed by atoms with E-state index in [4.69, 9.17) is 10.5 Å². The summed E-state index contributed by atoms with van der Waals surface area (Å²) in [6.45, 7) is 2.19. The van der Waals surface area contributed by atoms with Gasteiger partial charge in [-0.3, -0.25) is 0 Å². The van der Waals surface area contributed by atoms with Gasteiger partial charge < -0.3 is 15.2 Å². The van der Waals surface area contributed by atoms with Crippen LogP contribution < -0.4 is 15.2 Å². The molecule has 1 heterocycles. The Kier molecular flexibility index (Phi) is 2.71. The summed E-state index contributed by atoms with van der Waals surface area (Å²) in [5.74, 6) is 1.43. The van der Waals surface area contributed by atoms with Gasteiger partial charge in [0.05, 0.1) is 5.69 Å². The molecule has 3 unspecified atom stereocenters. The Morgan fingerprint density at radius 2 is 2.35 bits per heavy atom. The van der Waals surface area contributed by atoms with Crippen LogP contribution >= 0.6 is 11.9 Å². The standard InChI is InChI=1S/C13H18N2OS/c1-2-7-13(14)8-9(13)12-16-11-6-4-3-5-10(11)15-17-12/h3-6,9,12,15H,2,7-8,14H2,1H3. The summed E-state index contributed by atoms with van der Waals surface area (Å²) in [6, 6.07) is 8.06. The first-order chi connectivity index (χ1) is 8.23. The number of ether oxygens (including phenoxy) is 1. The molecule has 1 saturated carbocycles. The number of anilines is 1. The SMILES string of the molecule is CCCC1(N)CC1C1Oc2ccccc2NS1. The molecule has 17 heavy (non-hydrogen) atoms. The Morgan fingerprint density at radius 1 is 1.53 bits per heavy atom. The lowest BCUT2D eigenvalue weighted by molar-refractivity contribution is 0.249. The maximum Gasteiger partial charge on any atom is 0.167 e. The van der Waals surface area contributed by atoms with Crippen molar-refractivity contribution < 1.29 is 4.74 Å². The van der Waals surface area contributed by atoms with Crippen LogP contribution in [-0.4, -0.2) is 11.0 Å². The van der Waals surface area contributed by atoms with Gasteiger partial charge in [0.2, 0.25) is 0 Å². The van der Waals surface area contributed by atoms with E-state index in [1.165, 1.54) is 0 Å². The van der Waals surface area contributed by atoms with Crippen LogP contribution in [0.2, 0.25) is 0 Å². The molecule has 92 valence electrons. The lowest BCUT2D eigenvalue weighted by Gasteiger charge is -2.27. The van der Waals surface area contributed by atoms with Gasteiger partial charge >= 0.3 is 0 Å². The molecular weight excluding hydrogens is 232 g/mol. The molecule has 3 atom stereocenters. The fourth-order valence-electron chi connectivity index (χ4n) is 2.56. The van der Waals surface area contributed by atoms with Crippen LogP contribution in [0.4, 0.5) is 5.69 Å². The molecule has 3 nitrogen and oxygen atoms in total. The van der Waals surface area contributed by atoms with Crippen molar-refractivity contribution in [2.75, 3.05) is 4.72 Å². The summed E-state index contributed by atoms with van der Waals surface area (Å²) in [7, 11) is 0. The van der Waals surface area contributed by atoms with E-state index >= 15 is 0 Å². The molecule has 0 bridgehead atoms. The molecule has 3 N–H and O–H groups in total. The minimum absolute atomic E-state index is 0.0143. The van der Waals surface area contributed by atoms with Crippen molar-refractivity contribution in [1.29, 1.82) is 0 Å². The summed E-state index contributed by atoms with van der Waals surface area (Å²) in [4.78, 5) is 0. The first-order valence-corrected chi connectivity index (χ1v) is 7.07. The average Bonchev–Trinajstić information content (AvgIpc) is 3.01. The van der Waals surface area contributed by atoms with Crippen molar-refractivity contribution in [3.05, 3.63) is 24.3 Å². The van der Waals surface area contributed by atoms with Gasteiger partial charge in [-0.15, -0.1) is 0 Å². The van der Waals surface area contributed by atoms with E-state index in [-0.39, 0.29) is 11.0 Å². The maximum absolute atomic E-state index is 6.33. The number of rotatable bonds is 3. The zero-order chi connectivity index (χ0) is 11.9. The predicted molar refractivity (Wildman–Crippen MR) is 72.0 cm³/mol. The second-order valence-corrected chi connectivity index (χ2v) is 5.90. The number of benzene rings is 1. The highest BCUT2D eigenvalue weighted by molar-refractivity contribution is 8.01. The van der Waals surface area contributed by atoms with Crippen LogP contribution in [0.1, 0.15) is 26.2 Å². The maximum atomic E-state index is 6.33. The minimum atomic E-state index is 0.0143. The van der Waals surface area contributed by atoms with Gasteiger partial charge in [0, 0.05) is 11.5 Å². The Balaban J connectivity index is 1.70. The van der Waals surface area contributed by atoms with Crippen molar-refractivity contribution >= 4 is 17.6 Å². The minimum Gasteiger partial charge on any atom is -0.475 e. The molecule has 3 rings (SSSR count). The van der Waals surface area contributed by atoms with Gasteiger partial charge in [-0.05, 0) is 36.9 Å². The van der Waals surface area contributed by atoms with Crippen LogP contribution in [0.25, 0.3) is 0 Å². The number of fused-ring (bicyclic) bond motifs is 1. The average molecular weight is 250 g/mol. The summed E-state index contributed by atoms with van der Waals surface area (Å²) in [5, 5.41) is 0. The molecule has 1 aliphatic carbocycles. The van der Waals surface area contributed by atoms with E-state index in [1.807, 2.05) is 24.3 Å². The number of hydrogen-bond donors (Lipinski definition) is 2. The highest BCUT2D eigenvalue weighted by atomic mass is 32.2. The highest BCUT2D eigenvalue weighted by Gasteiger charge is 2.56. The molecule has 0 aromatic heterocycles. The first kappa shape index (κ1) is 11.2. The molecule has 1 aromatic carbocycles. The van der Waals surface area contributed by atoms with Gasteiger partial charge in [0.1, 0.15) is 5.75 Å². The molecule has 1 aliphatic heterocycles. The number of para-hydroxylation sites is 2. The quantitative estimate of drug-likeness (QED) is 0.810. The largest absolute Gasteiger partial charge is 0.475 e. The predicted octanol–water partition coefficient (Wildman–Crippen LogP) is 2.98. The molecule has 0 saturated heterocycles. The first-order valence-electron chi connectivity index (χ1n) is 6.19. The zero-order valence-electron chi connectivity index (χ0n) is 9.98. The van der Waals surface area contributed by atoms with E-state index in [9.17, 15) is 0 Å². The van der Waals surface area contributed by atoms with Crippen molar-refractivity contribution in [2.45, 2.75) is 37.2 Å². The lowest BCUT2D eigenvalue weighted by atomic mass is 10.1. The third kappa shape index (κ3) is 2.00. The van der Waals surface area contributed by atoms with E-state index in [0.29, 0.717) is 5.92 Å². The van der Waals surface area contributed by atoms with Crippen LogP contribution in [0, 0.1) is 5.92 Å². The van der Waals surface area contributed by atoms with E-state index in [0.717, 1.165) is 30.7 Å². The van der Waals surface area contributed by atoms with Gasteiger partial charge in [-0.1, -0.05) is 25.5 Å². The van der Waals surface area contributed by atoms with Gasteiger partial charge in [-0.25, -0.2) is 0 Å². The monoisotopic (exact) mass is 250 g/mol. The number of nitrogens with two attached hydrogens (primary N) is 1. The molecule has 0 amide bonds. The van der Waals surface area contributed by atoms with Crippen molar-refractivity contribution in [1.82, 2.24) is 0 Å². The van der Waals surface area contributed by atoms with E-state index < -0.39 is 0 Å². The Bertz CT molecular complexity index is 426. The van der Waals surface area contributed by atoms with Crippen LogP contribution in [0.3, 0.4) is 0 Å². The molecule has 1 fully saturated rings. The fourth-order valence-corrected chi connectivity index (χ4v) is 3.65. The Morgan fingerprint density at radius 3 is 3.18 bits per heavy atom.